The first kappa shape index (κ1) is 16.2. The molecule has 0 bridgehead atoms. The molecule has 0 aliphatic rings. The minimum atomic E-state index is -0.929. The van der Waals surface area contributed by atoms with Gasteiger partial charge in [0.05, 0.1) is 18.4 Å². The van der Waals surface area contributed by atoms with Crippen LogP contribution in [0.5, 0.6) is 0 Å². The minimum absolute atomic E-state index is 0.0725. The number of carbonyl (C=O) groups is 2. The molecule has 18 heavy (non-hydrogen) atoms. The molecule has 0 saturated carbocycles. The maximum Gasteiger partial charge on any atom is 0.320 e. The summed E-state index contributed by atoms with van der Waals surface area (Å²) in [5.74, 6) is -1.17. The van der Waals surface area contributed by atoms with Crippen LogP contribution in [0, 0.1) is 17.2 Å². The molecule has 6 heteroatoms. The van der Waals surface area contributed by atoms with Crippen molar-refractivity contribution in [2.75, 3.05) is 20.1 Å². The minimum Gasteiger partial charge on any atom is -0.481 e. The Balaban J connectivity index is 4.56. The van der Waals surface area contributed by atoms with Gasteiger partial charge in [-0.05, 0) is 20.8 Å². The normalized spacial score (nSPS) is 11.8. The van der Waals surface area contributed by atoms with Gasteiger partial charge in [0.25, 0.3) is 0 Å². The standard InChI is InChI=1S/C12H21N3O3/c1-9(2)15(6-5-11(16)17)12(18)14(4)8-10(3)7-13/h9-10H,5-6,8H2,1-4H3,(H,16,17). The summed E-state index contributed by atoms with van der Waals surface area (Å²) < 4.78 is 0. The van der Waals surface area contributed by atoms with Crippen LogP contribution < -0.4 is 0 Å². The van der Waals surface area contributed by atoms with E-state index >= 15 is 0 Å². The van der Waals surface area contributed by atoms with Crippen molar-refractivity contribution >= 4 is 12.0 Å². The van der Waals surface area contributed by atoms with Crippen LogP contribution >= 0.6 is 0 Å². The zero-order valence-corrected chi connectivity index (χ0v) is 11.4. The molecule has 0 aliphatic carbocycles. The molecule has 0 saturated heterocycles. The first-order valence-electron chi connectivity index (χ1n) is 5.92. The average Bonchev–Trinajstić information content (AvgIpc) is 2.27. The fraction of sp³-hybridized carbons (Fsp3) is 0.750. The quantitative estimate of drug-likeness (QED) is 0.777. The Bertz CT molecular complexity index is 336. The molecule has 0 aliphatic heterocycles. The van der Waals surface area contributed by atoms with E-state index in [0.29, 0.717) is 6.54 Å². The van der Waals surface area contributed by atoms with E-state index in [0.717, 1.165) is 0 Å². The van der Waals surface area contributed by atoms with Crippen molar-refractivity contribution in [3.63, 3.8) is 0 Å². The lowest BCUT2D eigenvalue weighted by Gasteiger charge is -2.31. The predicted octanol–water partition coefficient (Wildman–Crippen LogP) is 1.38. The zero-order chi connectivity index (χ0) is 14.3. The van der Waals surface area contributed by atoms with Gasteiger partial charge in [0.1, 0.15) is 0 Å². The molecule has 102 valence electrons. The monoisotopic (exact) mass is 255 g/mol. The predicted molar refractivity (Wildman–Crippen MR) is 66.9 cm³/mol. The molecule has 0 aromatic rings. The molecule has 0 rings (SSSR count). The summed E-state index contributed by atoms with van der Waals surface area (Å²) in [5, 5.41) is 17.4. The van der Waals surface area contributed by atoms with Crippen molar-refractivity contribution in [3.05, 3.63) is 0 Å². The Labute approximate surface area is 108 Å². The topological polar surface area (TPSA) is 84.6 Å². The van der Waals surface area contributed by atoms with Gasteiger partial charge in [-0.2, -0.15) is 5.26 Å². The molecule has 0 heterocycles. The van der Waals surface area contributed by atoms with E-state index in [-0.39, 0.29) is 31.0 Å². The molecule has 0 spiro atoms. The number of carboxylic acid groups (broad SMARTS) is 1. The van der Waals surface area contributed by atoms with E-state index < -0.39 is 5.97 Å². The number of carbonyl (C=O) groups excluding carboxylic acids is 1. The molecule has 0 radical (unpaired) electrons. The number of rotatable bonds is 6. The van der Waals surface area contributed by atoms with Gasteiger partial charge in [0, 0.05) is 26.2 Å². The maximum atomic E-state index is 12.1. The van der Waals surface area contributed by atoms with Crippen LogP contribution in [0.4, 0.5) is 4.79 Å². The molecule has 6 nitrogen and oxygen atoms in total. The maximum absolute atomic E-state index is 12.1. The van der Waals surface area contributed by atoms with Crippen LogP contribution in [-0.2, 0) is 4.79 Å². The molecule has 0 aromatic carbocycles. The van der Waals surface area contributed by atoms with E-state index in [1.807, 2.05) is 13.8 Å². The number of urea groups is 1. The Hall–Kier alpha value is -1.77. The lowest BCUT2D eigenvalue weighted by molar-refractivity contribution is -0.137. The highest BCUT2D eigenvalue weighted by molar-refractivity contribution is 5.75. The number of hydrogen-bond donors (Lipinski definition) is 1. The van der Waals surface area contributed by atoms with Crippen LogP contribution in [0.2, 0.25) is 0 Å². The molecule has 0 aromatic heterocycles. The molecule has 1 unspecified atom stereocenters. The molecule has 0 fully saturated rings. The third-order valence-electron chi connectivity index (χ3n) is 2.53. The second-order valence-corrected chi connectivity index (χ2v) is 4.62. The smallest absolute Gasteiger partial charge is 0.320 e. The van der Waals surface area contributed by atoms with Gasteiger partial charge in [-0.1, -0.05) is 0 Å². The highest BCUT2D eigenvalue weighted by Gasteiger charge is 2.22. The molecule has 1 atom stereocenters. The number of carboxylic acids is 1. The van der Waals surface area contributed by atoms with Crippen LogP contribution in [0.3, 0.4) is 0 Å². The van der Waals surface area contributed by atoms with Crippen LogP contribution in [-0.4, -0.2) is 53.1 Å². The summed E-state index contributed by atoms with van der Waals surface area (Å²) in [6.07, 6.45) is -0.0778. The Morgan fingerprint density at radius 1 is 1.33 bits per heavy atom. The van der Waals surface area contributed by atoms with Gasteiger partial charge < -0.3 is 14.9 Å². The van der Waals surface area contributed by atoms with Gasteiger partial charge >= 0.3 is 12.0 Å². The van der Waals surface area contributed by atoms with Crippen molar-refractivity contribution in [2.45, 2.75) is 33.2 Å². The van der Waals surface area contributed by atoms with Gasteiger partial charge in [0.15, 0.2) is 0 Å². The Morgan fingerprint density at radius 2 is 1.89 bits per heavy atom. The molecular weight excluding hydrogens is 234 g/mol. The largest absolute Gasteiger partial charge is 0.481 e. The fourth-order valence-corrected chi connectivity index (χ4v) is 1.54. The van der Waals surface area contributed by atoms with Gasteiger partial charge in [-0.15, -0.1) is 0 Å². The number of hydrogen-bond acceptors (Lipinski definition) is 3. The second kappa shape index (κ2) is 7.54. The highest BCUT2D eigenvalue weighted by Crippen LogP contribution is 2.07. The first-order chi connectivity index (χ1) is 8.29. The van der Waals surface area contributed by atoms with E-state index in [4.69, 9.17) is 10.4 Å². The molecule has 2 amide bonds. The van der Waals surface area contributed by atoms with Crippen LogP contribution in [0.15, 0.2) is 0 Å². The van der Waals surface area contributed by atoms with E-state index in [1.54, 1.807) is 14.0 Å². The third kappa shape index (κ3) is 5.53. The summed E-state index contributed by atoms with van der Waals surface area (Å²) in [6, 6.07) is 1.75. The first-order valence-corrected chi connectivity index (χ1v) is 5.92. The summed E-state index contributed by atoms with van der Waals surface area (Å²) in [4.78, 5) is 25.6. The van der Waals surface area contributed by atoms with E-state index in [2.05, 4.69) is 6.07 Å². The van der Waals surface area contributed by atoms with Crippen molar-refractivity contribution in [3.8, 4) is 6.07 Å². The Morgan fingerprint density at radius 3 is 2.28 bits per heavy atom. The summed E-state index contributed by atoms with van der Waals surface area (Å²) >= 11 is 0. The van der Waals surface area contributed by atoms with Gasteiger partial charge in [-0.25, -0.2) is 4.79 Å². The number of aliphatic carboxylic acids is 1. The third-order valence-corrected chi connectivity index (χ3v) is 2.53. The SMILES string of the molecule is CC(C#N)CN(C)C(=O)N(CCC(=O)O)C(C)C. The van der Waals surface area contributed by atoms with Crippen molar-refractivity contribution in [2.24, 2.45) is 5.92 Å². The summed E-state index contributed by atoms with van der Waals surface area (Å²) in [7, 11) is 1.62. The second-order valence-electron chi connectivity index (χ2n) is 4.62. The van der Waals surface area contributed by atoms with Crippen molar-refractivity contribution in [1.82, 2.24) is 9.80 Å². The average molecular weight is 255 g/mol. The number of amides is 2. The van der Waals surface area contributed by atoms with Crippen molar-refractivity contribution < 1.29 is 14.7 Å². The van der Waals surface area contributed by atoms with Crippen molar-refractivity contribution in [1.29, 1.82) is 5.26 Å². The number of nitrogens with zero attached hydrogens (tertiary/aromatic N) is 3. The summed E-state index contributed by atoms with van der Waals surface area (Å²) in [6.45, 7) is 5.92. The lowest BCUT2D eigenvalue weighted by Crippen LogP contribution is -2.46. The van der Waals surface area contributed by atoms with Crippen LogP contribution in [0.25, 0.3) is 0 Å². The van der Waals surface area contributed by atoms with Gasteiger partial charge in [-0.3, -0.25) is 4.79 Å². The van der Waals surface area contributed by atoms with Gasteiger partial charge in [0.2, 0.25) is 0 Å². The number of nitriles is 1. The highest BCUT2D eigenvalue weighted by atomic mass is 16.4. The molecular formula is C12H21N3O3. The molecule has 1 N–H and O–H groups in total. The fourth-order valence-electron chi connectivity index (χ4n) is 1.54. The van der Waals surface area contributed by atoms with Crippen LogP contribution in [0.1, 0.15) is 27.2 Å². The Kier molecular flexibility index (Phi) is 6.79. The lowest BCUT2D eigenvalue weighted by atomic mass is 10.2. The van der Waals surface area contributed by atoms with E-state index in [1.165, 1.54) is 9.80 Å². The summed E-state index contributed by atoms with van der Waals surface area (Å²) in [5.41, 5.74) is 0. The zero-order valence-electron chi connectivity index (χ0n) is 11.4. The van der Waals surface area contributed by atoms with E-state index in [9.17, 15) is 9.59 Å².